The van der Waals surface area contributed by atoms with E-state index in [1.807, 2.05) is 6.92 Å². The number of ketones is 1. The molecule has 3 atom stereocenters. The number of carbonyl (C=O) groups is 1. The summed E-state index contributed by atoms with van der Waals surface area (Å²) in [6.07, 6.45) is 0. The molecule has 3 nitrogen and oxygen atoms in total. The van der Waals surface area contributed by atoms with E-state index in [-0.39, 0.29) is 17.4 Å². The second-order valence-corrected chi connectivity index (χ2v) is 5.99. The highest BCUT2D eigenvalue weighted by Gasteiger charge is 2.32. The van der Waals surface area contributed by atoms with Crippen LogP contribution in [0, 0.1) is 11.6 Å². The molecule has 1 saturated heterocycles. The lowest BCUT2D eigenvalue weighted by molar-refractivity contribution is 0.0355. The molecular formula is C16H22F2N2O. The van der Waals surface area contributed by atoms with Gasteiger partial charge in [0.1, 0.15) is 0 Å². The van der Waals surface area contributed by atoms with Gasteiger partial charge in [-0.15, -0.1) is 0 Å². The fourth-order valence-electron chi connectivity index (χ4n) is 2.82. The van der Waals surface area contributed by atoms with Gasteiger partial charge in [-0.3, -0.25) is 14.6 Å². The number of carbonyl (C=O) groups excluding carboxylic acids is 1. The van der Waals surface area contributed by atoms with Crippen molar-refractivity contribution in [2.24, 2.45) is 0 Å². The smallest absolute Gasteiger partial charge is 0.179 e. The van der Waals surface area contributed by atoms with Crippen LogP contribution in [0.25, 0.3) is 0 Å². The molecule has 0 N–H and O–H groups in total. The zero-order valence-electron chi connectivity index (χ0n) is 12.9. The predicted octanol–water partition coefficient (Wildman–Crippen LogP) is 2.56. The average Bonchev–Trinajstić information content (AvgIpc) is 2.45. The van der Waals surface area contributed by atoms with Crippen molar-refractivity contribution in [1.82, 2.24) is 9.80 Å². The normalized spacial score (nSPS) is 25.8. The number of Topliss-reactive ketones (excluding diaryl/α,β-unsaturated/α-hetero) is 1. The number of rotatable bonds is 3. The van der Waals surface area contributed by atoms with Crippen LogP contribution < -0.4 is 0 Å². The fourth-order valence-corrected chi connectivity index (χ4v) is 2.82. The second-order valence-electron chi connectivity index (χ2n) is 5.99. The molecule has 0 radical (unpaired) electrons. The summed E-state index contributed by atoms with van der Waals surface area (Å²) in [5, 5.41) is 0. The van der Waals surface area contributed by atoms with Gasteiger partial charge in [-0.1, -0.05) is 0 Å². The van der Waals surface area contributed by atoms with Crippen molar-refractivity contribution in [1.29, 1.82) is 0 Å². The first-order valence-electron chi connectivity index (χ1n) is 7.26. The molecule has 5 heteroatoms. The predicted molar refractivity (Wildman–Crippen MR) is 78.4 cm³/mol. The van der Waals surface area contributed by atoms with Crippen molar-refractivity contribution in [2.75, 3.05) is 20.1 Å². The van der Waals surface area contributed by atoms with E-state index in [0.29, 0.717) is 12.1 Å². The van der Waals surface area contributed by atoms with E-state index in [9.17, 15) is 13.6 Å². The van der Waals surface area contributed by atoms with Gasteiger partial charge in [0.15, 0.2) is 17.4 Å². The molecule has 1 aliphatic rings. The SMILES string of the molecule is CC(C(=O)c1ccc(F)c(F)c1)N1CC(C)N(C)C(C)C1. The number of hydrogen-bond donors (Lipinski definition) is 0. The highest BCUT2D eigenvalue weighted by Crippen LogP contribution is 2.19. The Labute approximate surface area is 124 Å². The number of benzene rings is 1. The molecule has 0 amide bonds. The molecule has 21 heavy (non-hydrogen) atoms. The minimum absolute atomic E-state index is 0.169. The van der Waals surface area contributed by atoms with Gasteiger partial charge in [0.05, 0.1) is 6.04 Å². The van der Waals surface area contributed by atoms with Crippen LogP contribution in [0.2, 0.25) is 0 Å². The largest absolute Gasteiger partial charge is 0.298 e. The molecule has 0 aliphatic carbocycles. The van der Waals surface area contributed by atoms with Gasteiger partial charge in [-0.05, 0) is 46.0 Å². The molecule has 0 aromatic heterocycles. The van der Waals surface area contributed by atoms with Crippen LogP contribution in [0.15, 0.2) is 18.2 Å². The highest BCUT2D eigenvalue weighted by atomic mass is 19.2. The molecule has 0 bridgehead atoms. The minimum atomic E-state index is -0.979. The van der Waals surface area contributed by atoms with Crippen molar-refractivity contribution < 1.29 is 13.6 Å². The summed E-state index contributed by atoms with van der Waals surface area (Å²) in [7, 11) is 2.08. The lowest BCUT2D eigenvalue weighted by Gasteiger charge is -2.44. The number of nitrogens with zero attached hydrogens (tertiary/aromatic N) is 2. The summed E-state index contributed by atoms with van der Waals surface area (Å²) in [4.78, 5) is 16.9. The van der Waals surface area contributed by atoms with E-state index >= 15 is 0 Å². The second kappa shape index (κ2) is 6.20. The Balaban J connectivity index is 2.13. The molecular weight excluding hydrogens is 274 g/mol. The summed E-state index contributed by atoms with van der Waals surface area (Å²) in [6.45, 7) is 7.65. The Morgan fingerprint density at radius 1 is 1.19 bits per heavy atom. The van der Waals surface area contributed by atoms with Gasteiger partial charge < -0.3 is 0 Å². The third kappa shape index (κ3) is 3.30. The van der Waals surface area contributed by atoms with E-state index in [2.05, 4.69) is 30.7 Å². The van der Waals surface area contributed by atoms with Gasteiger partial charge in [0.2, 0.25) is 0 Å². The molecule has 1 fully saturated rings. The Morgan fingerprint density at radius 3 is 2.29 bits per heavy atom. The summed E-state index contributed by atoms with van der Waals surface area (Å²) in [5.41, 5.74) is 0.223. The van der Waals surface area contributed by atoms with Crippen LogP contribution in [0.4, 0.5) is 8.78 Å². The molecule has 1 aromatic carbocycles. The first-order chi connectivity index (χ1) is 9.81. The zero-order valence-corrected chi connectivity index (χ0v) is 12.9. The minimum Gasteiger partial charge on any atom is -0.298 e. The first kappa shape index (κ1) is 16.0. The molecule has 2 rings (SSSR count). The number of piperazine rings is 1. The van der Waals surface area contributed by atoms with Gasteiger partial charge in [-0.25, -0.2) is 8.78 Å². The maximum atomic E-state index is 13.3. The van der Waals surface area contributed by atoms with Crippen LogP contribution in [-0.4, -0.2) is 53.8 Å². The number of hydrogen-bond acceptors (Lipinski definition) is 3. The molecule has 0 saturated carbocycles. The number of likely N-dealkylation sites (N-methyl/N-ethyl adjacent to an activating group) is 1. The number of halogens is 2. The highest BCUT2D eigenvalue weighted by molar-refractivity contribution is 5.99. The van der Waals surface area contributed by atoms with E-state index < -0.39 is 11.6 Å². The Hall–Kier alpha value is -1.33. The van der Waals surface area contributed by atoms with E-state index in [4.69, 9.17) is 0 Å². The van der Waals surface area contributed by atoms with Crippen molar-refractivity contribution >= 4 is 5.78 Å². The zero-order chi connectivity index (χ0) is 15.7. The maximum absolute atomic E-state index is 13.3. The summed E-state index contributed by atoms with van der Waals surface area (Å²) in [5.74, 6) is -2.08. The van der Waals surface area contributed by atoms with Crippen molar-refractivity contribution in [2.45, 2.75) is 38.9 Å². The molecule has 1 aliphatic heterocycles. The van der Waals surface area contributed by atoms with Gasteiger partial charge >= 0.3 is 0 Å². The molecule has 0 spiro atoms. The van der Waals surface area contributed by atoms with E-state index in [1.54, 1.807) is 0 Å². The summed E-state index contributed by atoms with van der Waals surface area (Å²) < 4.78 is 26.2. The quantitative estimate of drug-likeness (QED) is 0.801. The molecule has 116 valence electrons. The first-order valence-corrected chi connectivity index (χ1v) is 7.26. The van der Waals surface area contributed by atoms with Crippen LogP contribution in [-0.2, 0) is 0 Å². The Kier molecular flexibility index (Phi) is 4.74. The standard InChI is InChI=1S/C16H22F2N2O/c1-10-8-20(9-11(2)19(10)4)12(3)16(21)13-5-6-14(17)15(18)7-13/h5-7,10-12H,8-9H2,1-4H3. The maximum Gasteiger partial charge on any atom is 0.179 e. The van der Waals surface area contributed by atoms with Crippen molar-refractivity contribution in [3.8, 4) is 0 Å². The van der Waals surface area contributed by atoms with Crippen molar-refractivity contribution in [3.63, 3.8) is 0 Å². The van der Waals surface area contributed by atoms with Crippen LogP contribution in [0.1, 0.15) is 31.1 Å². The van der Waals surface area contributed by atoms with Crippen LogP contribution >= 0.6 is 0 Å². The fraction of sp³-hybridized carbons (Fsp3) is 0.562. The Morgan fingerprint density at radius 2 is 1.76 bits per heavy atom. The van der Waals surface area contributed by atoms with Crippen LogP contribution in [0.3, 0.4) is 0 Å². The van der Waals surface area contributed by atoms with Gasteiger partial charge in [0, 0.05) is 30.7 Å². The lowest BCUT2D eigenvalue weighted by Crippen LogP contribution is -2.58. The van der Waals surface area contributed by atoms with Crippen LogP contribution in [0.5, 0.6) is 0 Å². The average molecular weight is 296 g/mol. The molecule has 1 heterocycles. The van der Waals surface area contributed by atoms with Gasteiger partial charge in [0.25, 0.3) is 0 Å². The third-order valence-corrected chi connectivity index (χ3v) is 4.52. The van der Waals surface area contributed by atoms with Gasteiger partial charge in [-0.2, -0.15) is 0 Å². The molecule has 3 unspecified atom stereocenters. The lowest BCUT2D eigenvalue weighted by atomic mass is 10.0. The van der Waals surface area contributed by atoms with E-state index in [0.717, 1.165) is 25.2 Å². The summed E-state index contributed by atoms with van der Waals surface area (Å²) >= 11 is 0. The Bertz CT molecular complexity index is 523. The third-order valence-electron chi connectivity index (χ3n) is 4.52. The van der Waals surface area contributed by atoms with E-state index in [1.165, 1.54) is 6.07 Å². The summed E-state index contributed by atoms with van der Waals surface area (Å²) in [6, 6.07) is 3.71. The monoisotopic (exact) mass is 296 g/mol. The van der Waals surface area contributed by atoms with Crippen molar-refractivity contribution in [3.05, 3.63) is 35.4 Å². The molecule has 1 aromatic rings. The topological polar surface area (TPSA) is 23.6 Å².